The number of benzene rings is 4. The maximum Gasteiger partial charge on any atom is 0.340 e. The zero-order valence-corrected chi connectivity index (χ0v) is 24.6. The predicted molar refractivity (Wildman–Crippen MR) is 166 cm³/mol. The van der Waals surface area contributed by atoms with Crippen molar-refractivity contribution in [2.24, 2.45) is 5.92 Å². The zero-order valence-electron chi connectivity index (χ0n) is 24.6. The molecule has 5 nitrogen and oxygen atoms in total. The van der Waals surface area contributed by atoms with Crippen LogP contribution in [0.4, 0.5) is 17.1 Å². The molecule has 2 aliphatic rings. The lowest BCUT2D eigenvalue weighted by Gasteiger charge is -2.38. The fourth-order valence-electron chi connectivity index (χ4n) is 6.18. The van der Waals surface area contributed by atoms with Gasteiger partial charge in [-0.25, -0.2) is 4.79 Å². The van der Waals surface area contributed by atoms with E-state index in [4.69, 9.17) is 9.47 Å². The molecule has 0 radical (unpaired) electrons. The molecule has 5 heteroatoms. The summed E-state index contributed by atoms with van der Waals surface area (Å²) in [6.07, 6.45) is 2.33. The van der Waals surface area contributed by atoms with E-state index in [1.54, 1.807) is 0 Å². The van der Waals surface area contributed by atoms with E-state index in [2.05, 4.69) is 93.4 Å². The maximum absolute atomic E-state index is 13.3. The number of anilines is 3. The molecule has 2 heterocycles. The van der Waals surface area contributed by atoms with Crippen LogP contribution in [0, 0.1) is 19.8 Å². The van der Waals surface area contributed by atoms with Crippen molar-refractivity contribution in [1.82, 2.24) is 0 Å². The van der Waals surface area contributed by atoms with Crippen molar-refractivity contribution < 1.29 is 14.3 Å². The van der Waals surface area contributed by atoms with Gasteiger partial charge in [-0.15, -0.1) is 0 Å². The van der Waals surface area contributed by atoms with E-state index in [-0.39, 0.29) is 5.97 Å². The number of rotatable bonds is 8. The first-order valence-electron chi connectivity index (χ1n) is 14.7. The summed E-state index contributed by atoms with van der Waals surface area (Å²) in [5.41, 5.74) is 7.29. The molecular weight excluding hydrogens is 508 g/mol. The molecule has 0 aromatic heterocycles. The van der Waals surface area contributed by atoms with Gasteiger partial charge in [0, 0.05) is 52.9 Å². The molecule has 6 rings (SSSR count). The minimum atomic E-state index is -1.10. The van der Waals surface area contributed by atoms with E-state index in [9.17, 15) is 4.79 Å². The van der Waals surface area contributed by atoms with E-state index < -0.39 is 5.60 Å². The first-order chi connectivity index (χ1) is 19.8. The summed E-state index contributed by atoms with van der Waals surface area (Å²) in [4.78, 5) is 15.7. The fraction of sp³-hybridized carbons (Fsp3) is 0.306. The Hall–Kier alpha value is -4.25. The summed E-state index contributed by atoms with van der Waals surface area (Å²) in [5.74, 6) is 1.79. The lowest BCUT2D eigenvalue weighted by atomic mass is 9.77. The van der Waals surface area contributed by atoms with Crippen molar-refractivity contribution >= 4 is 23.0 Å². The Morgan fingerprint density at radius 1 is 0.878 bits per heavy atom. The van der Waals surface area contributed by atoms with Gasteiger partial charge in [0.25, 0.3) is 0 Å². The minimum absolute atomic E-state index is 0.318. The first kappa shape index (κ1) is 26.9. The second kappa shape index (κ2) is 10.6. The maximum atomic E-state index is 13.3. The van der Waals surface area contributed by atoms with Crippen molar-refractivity contribution in [2.45, 2.75) is 53.1 Å². The molecule has 0 aliphatic carbocycles. The van der Waals surface area contributed by atoms with Crippen LogP contribution in [0.1, 0.15) is 71.8 Å². The Kier molecular flexibility index (Phi) is 6.98. The molecule has 4 aromatic rings. The smallest absolute Gasteiger partial charge is 0.340 e. The predicted octanol–water partition coefficient (Wildman–Crippen LogP) is 8.88. The van der Waals surface area contributed by atoms with Gasteiger partial charge in [0.05, 0.1) is 5.56 Å². The van der Waals surface area contributed by atoms with Crippen LogP contribution >= 0.6 is 0 Å². The third-order valence-electron chi connectivity index (χ3n) is 8.30. The van der Waals surface area contributed by atoms with Gasteiger partial charge >= 0.3 is 5.97 Å². The summed E-state index contributed by atoms with van der Waals surface area (Å²) >= 11 is 0. The summed E-state index contributed by atoms with van der Waals surface area (Å²) in [7, 11) is 0. The highest BCUT2D eigenvalue weighted by Crippen LogP contribution is 2.57. The fourth-order valence-corrected chi connectivity index (χ4v) is 6.18. The molecule has 1 N–H and O–H groups in total. The van der Waals surface area contributed by atoms with E-state index >= 15 is 0 Å². The molecule has 0 bridgehead atoms. The molecule has 1 unspecified atom stereocenters. The normalized spacial score (nSPS) is 16.6. The van der Waals surface area contributed by atoms with Gasteiger partial charge in [0.15, 0.2) is 5.60 Å². The summed E-state index contributed by atoms with van der Waals surface area (Å²) in [6, 6.07) is 26.5. The largest absolute Gasteiger partial charge is 0.456 e. The molecule has 0 saturated heterocycles. The van der Waals surface area contributed by atoms with Crippen molar-refractivity contribution in [3.05, 3.63) is 112 Å². The van der Waals surface area contributed by atoms with Crippen LogP contribution in [0.25, 0.3) is 0 Å². The van der Waals surface area contributed by atoms with E-state index in [1.165, 1.54) is 12.0 Å². The molecular formula is C36H38N2O3. The Labute approximate surface area is 243 Å². The second-order valence-corrected chi connectivity index (χ2v) is 11.7. The highest BCUT2D eigenvalue weighted by atomic mass is 16.6. The van der Waals surface area contributed by atoms with Gasteiger partial charge in [-0.1, -0.05) is 44.2 Å². The van der Waals surface area contributed by atoms with Crippen LogP contribution in [0.15, 0.2) is 78.9 Å². The number of fused-ring (bicyclic) bond motifs is 6. The number of nitrogens with zero attached hydrogens (tertiary/aromatic N) is 1. The zero-order chi connectivity index (χ0) is 28.7. The molecule has 0 saturated carbocycles. The van der Waals surface area contributed by atoms with Crippen LogP contribution in [0.2, 0.25) is 0 Å². The lowest BCUT2D eigenvalue weighted by Crippen LogP contribution is -2.33. The van der Waals surface area contributed by atoms with Gasteiger partial charge in [-0.05, 0) is 93.1 Å². The van der Waals surface area contributed by atoms with Crippen LogP contribution in [-0.4, -0.2) is 19.1 Å². The average molecular weight is 547 g/mol. The van der Waals surface area contributed by atoms with Crippen LogP contribution in [0.5, 0.6) is 11.5 Å². The van der Waals surface area contributed by atoms with E-state index in [0.717, 1.165) is 64.6 Å². The van der Waals surface area contributed by atoms with Crippen molar-refractivity contribution in [1.29, 1.82) is 0 Å². The van der Waals surface area contributed by atoms with Crippen molar-refractivity contribution in [2.75, 3.05) is 23.3 Å². The number of hydrogen-bond donors (Lipinski definition) is 1. The monoisotopic (exact) mass is 546 g/mol. The quantitative estimate of drug-likeness (QED) is 0.224. The Balaban J connectivity index is 1.48. The summed E-state index contributed by atoms with van der Waals surface area (Å²) < 4.78 is 13.1. The van der Waals surface area contributed by atoms with E-state index in [0.29, 0.717) is 17.2 Å². The number of ether oxygens (including phenoxy) is 2. The van der Waals surface area contributed by atoms with Gasteiger partial charge in [-0.2, -0.15) is 0 Å². The Morgan fingerprint density at radius 2 is 1.68 bits per heavy atom. The van der Waals surface area contributed by atoms with Gasteiger partial charge in [-0.3, -0.25) is 0 Å². The Bertz CT molecular complexity index is 1630. The third kappa shape index (κ3) is 4.73. The van der Waals surface area contributed by atoms with Gasteiger partial charge in [0.2, 0.25) is 0 Å². The number of carbonyl (C=O) groups excluding carboxylic acids is 1. The highest BCUT2D eigenvalue weighted by Gasteiger charge is 2.53. The summed E-state index contributed by atoms with van der Waals surface area (Å²) in [6.45, 7) is 12.8. The standard InChI is InChI=1S/C36H38N2O3/c1-6-38(18-10-11-23(2)3)27-16-17-30-34(21-27)40-33-20-25(5)32(37-26-13-9-12-24(4)19-26)22-31(33)36(30)29-15-8-7-14-28(29)35(39)41-36/h7-9,12-17,19-23,37H,6,10-11,18H2,1-5H3. The molecule has 0 amide bonds. The van der Waals surface area contributed by atoms with Gasteiger partial charge < -0.3 is 19.7 Å². The SMILES string of the molecule is CCN(CCCC(C)C)c1ccc2c(c1)Oc1cc(C)c(Nc3cccc(C)c3)cc1C21OC(=O)c2ccccc21. The van der Waals surface area contributed by atoms with Crippen molar-refractivity contribution in [3.8, 4) is 11.5 Å². The van der Waals surface area contributed by atoms with E-state index in [1.807, 2.05) is 30.3 Å². The minimum Gasteiger partial charge on any atom is -0.456 e. The molecule has 0 fully saturated rings. The number of aryl methyl sites for hydroxylation is 2. The lowest BCUT2D eigenvalue weighted by molar-refractivity contribution is 0.0224. The first-order valence-corrected chi connectivity index (χ1v) is 14.7. The Morgan fingerprint density at radius 3 is 2.46 bits per heavy atom. The highest BCUT2D eigenvalue weighted by molar-refractivity contribution is 5.97. The number of carbonyl (C=O) groups is 1. The molecule has 4 aromatic carbocycles. The molecule has 41 heavy (non-hydrogen) atoms. The van der Waals surface area contributed by atoms with Crippen LogP contribution in [-0.2, 0) is 10.3 Å². The number of esters is 1. The third-order valence-corrected chi connectivity index (χ3v) is 8.30. The second-order valence-electron chi connectivity index (χ2n) is 11.7. The summed E-state index contributed by atoms with van der Waals surface area (Å²) in [5, 5.41) is 3.59. The topological polar surface area (TPSA) is 50.8 Å². The molecule has 2 aliphatic heterocycles. The van der Waals surface area contributed by atoms with Crippen LogP contribution < -0.4 is 15.0 Å². The number of nitrogens with one attached hydrogen (secondary N) is 1. The average Bonchev–Trinajstić information content (AvgIpc) is 3.24. The van der Waals surface area contributed by atoms with Gasteiger partial charge in [0.1, 0.15) is 11.5 Å². The molecule has 210 valence electrons. The van der Waals surface area contributed by atoms with Crippen molar-refractivity contribution in [3.63, 3.8) is 0 Å². The molecule has 1 spiro atoms. The van der Waals surface area contributed by atoms with Crippen LogP contribution in [0.3, 0.4) is 0 Å². The molecule has 1 atom stereocenters. The number of hydrogen-bond acceptors (Lipinski definition) is 5.